The van der Waals surface area contributed by atoms with Gasteiger partial charge in [0, 0.05) is 45.0 Å². The molecular formula is C21H20BrF4N7O3. The molecule has 3 N–H and O–H groups in total. The molecule has 3 aromatic rings. The number of aliphatic carboxylic acids is 1. The van der Waals surface area contributed by atoms with Crippen molar-refractivity contribution in [3.8, 4) is 0 Å². The second-order valence-corrected chi connectivity index (χ2v) is 8.32. The molecule has 0 atom stereocenters. The zero-order valence-electron chi connectivity index (χ0n) is 18.5. The second-order valence-electron chi connectivity index (χ2n) is 7.46. The molecule has 1 fully saturated rings. The van der Waals surface area contributed by atoms with Crippen LogP contribution >= 0.6 is 15.9 Å². The number of carboxylic acids is 1. The van der Waals surface area contributed by atoms with Crippen LogP contribution in [0.4, 0.5) is 29.2 Å². The van der Waals surface area contributed by atoms with Gasteiger partial charge in [-0.25, -0.2) is 14.2 Å². The minimum Gasteiger partial charge on any atom is -0.475 e. The van der Waals surface area contributed by atoms with E-state index in [9.17, 15) is 22.4 Å². The monoisotopic (exact) mass is 573 g/mol. The number of nitrogens with zero attached hydrogens (tertiary/aromatic N) is 5. The molecule has 4 rings (SSSR count). The first-order valence-electron chi connectivity index (χ1n) is 10.4. The van der Waals surface area contributed by atoms with Crippen molar-refractivity contribution < 1.29 is 32.3 Å². The molecule has 1 aliphatic rings. The van der Waals surface area contributed by atoms with Gasteiger partial charge in [0.25, 0.3) is 5.91 Å². The van der Waals surface area contributed by atoms with Crippen LogP contribution in [0.1, 0.15) is 16.1 Å². The van der Waals surface area contributed by atoms with Crippen LogP contribution in [-0.2, 0) is 11.3 Å². The number of alkyl halides is 3. The van der Waals surface area contributed by atoms with Crippen molar-refractivity contribution in [3.63, 3.8) is 0 Å². The molecular weight excluding hydrogens is 554 g/mol. The van der Waals surface area contributed by atoms with Crippen LogP contribution < -0.4 is 5.32 Å². The summed E-state index contributed by atoms with van der Waals surface area (Å²) >= 11 is 3.13. The Labute approximate surface area is 210 Å². The van der Waals surface area contributed by atoms with Crippen molar-refractivity contribution in [1.29, 1.82) is 0 Å². The van der Waals surface area contributed by atoms with Gasteiger partial charge in [-0.05, 0) is 28.1 Å². The average Bonchev–Trinajstić information content (AvgIpc) is 3.34. The lowest BCUT2D eigenvalue weighted by atomic mass is 10.1. The van der Waals surface area contributed by atoms with E-state index in [4.69, 9.17) is 9.90 Å². The molecule has 0 radical (unpaired) electrons. The summed E-state index contributed by atoms with van der Waals surface area (Å²) in [6, 6.07) is 6.57. The van der Waals surface area contributed by atoms with E-state index in [2.05, 4.69) is 46.3 Å². The SMILES string of the molecule is O=C(O)C(F)(F)F.O=C(c1cccc(Br)c1F)N1CCN(Cc2cncc(Nc3ccn[nH]3)n2)CC1. The Morgan fingerprint density at radius 1 is 1.14 bits per heavy atom. The summed E-state index contributed by atoms with van der Waals surface area (Å²) < 4.78 is 46.2. The van der Waals surface area contributed by atoms with Gasteiger partial charge in [0.1, 0.15) is 17.5 Å². The number of aromatic amines is 1. The molecule has 15 heteroatoms. The van der Waals surface area contributed by atoms with Gasteiger partial charge in [-0.15, -0.1) is 0 Å². The Hall–Kier alpha value is -3.59. The van der Waals surface area contributed by atoms with Gasteiger partial charge >= 0.3 is 12.1 Å². The number of rotatable bonds is 5. The number of aromatic nitrogens is 4. The zero-order chi connectivity index (χ0) is 26.3. The predicted octanol–water partition coefficient (Wildman–Crippen LogP) is 3.44. The maximum atomic E-state index is 14.2. The summed E-state index contributed by atoms with van der Waals surface area (Å²) in [4.78, 5) is 34.2. The molecule has 36 heavy (non-hydrogen) atoms. The molecule has 1 aliphatic heterocycles. The number of H-pyrrole nitrogens is 1. The van der Waals surface area contributed by atoms with Crippen LogP contribution in [0.5, 0.6) is 0 Å². The molecule has 192 valence electrons. The van der Waals surface area contributed by atoms with Crippen molar-refractivity contribution in [1.82, 2.24) is 30.0 Å². The molecule has 2 aromatic heterocycles. The highest BCUT2D eigenvalue weighted by molar-refractivity contribution is 9.10. The number of nitrogens with one attached hydrogen (secondary N) is 2. The van der Waals surface area contributed by atoms with Crippen LogP contribution in [0.15, 0.2) is 47.3 Å². The molecule has 1 aromatic carbocycles. The van der Waals surface area contributed by atoms with E-state index in [-0.39, 0.29) is 11.5 Å². The van der Waals surface area contributed by atoms with Gasteiger partial charge in [-0.1, -0.05) is 6.07 Å². The second kappa shape index (κ2) is 11.9. The Morgan fingerprint density at radius 2 is 1.83 bits per heavy atom. The summed E-state index contributed by atoms with van der Waals surface area (Å²) in [5.74, 6) is -2.19. The lowest BCUT2D eigenvalue weighted by molar-refractivity contribution is -0.192. The number of halogens is 5. The Bertz CT molecular complexity index is 1190. The molecule has 1 amide bonds. The van der Waals surface area contributed by atoms with E-state index in [0.29, 0.717) is 43.0 Å². The van der Waals surface area contributed by atoms with Crippen LogP contribution in [0, 0.1) is 5.82 Å². The maximum Gasteiger partial charge on any atom is 0.490 e. The molecule has 0 bridgehead atoms. The number of piperazine rings is 1. The minimum absolute atomic E-state index is 0.0938. The highest BCUT2D eigenvalue weighted by Gasteiger charge is 2.38. The van der Waals surface area contributed by atoms with Crippen molar-refractivity contribution in [2.24, 2.45) is 0 Å². The number of carbonyl (C=O) groups excluding carboxylic acids is 1. The first-order chi connectivity index (χ1) is 17.0. The largest absolute Gasteiger partial charge is 0.490 e. The molecule has 10 nitrogen and oxygen atoms in total. The predicted molar refractivity (Wildman–Crippen MR) is 123 cm³/mol. The zero-order valence-corrected chi connectivity index (χ0v) is 20.1. The van der Waals surface area contributed by atoms with Crippen molar-refractivity contribution in [3.05, 3.63) is 64.4 Å². The van der Waals surface area contributed by atoms with E-state index >= 15 is 0 Å². The fourth-order valence-corrected chi connectivity index (χ4v) is 3.55. The third-order valence-electron chi connectivity index (χ3n) is 4.92. The van der Waals surface area contributed by atoms with Gasteiger partial charge in [-0.2, -0.15) is 18.3 Å². The van der Waals surface area contributed by atoms with Gasteiger partial charge < -0.3 is 15.3 Å². The molecule has 3 heterocycles. The van der Waals surface area contributed by atoms with Gasteiger partial charge in [-0.3, -0.25) is 19.8 Å². The highest BCUT2D eigenvalue weighted by atomic mass is 79.9. The minimum atomic E-state index is -5.08. The fourth-order valence-electron chi connectivity index (χ4n) is 3.18. The lowest BCUT2D eigenvalue weighted by Gasteiger charge is -2.34. The summed E-state index contributed by atoms with van der Waals surface area (Å²) in [5.41, 5.74) is 0.920. The van der Waals surface area contributed by atoms with Gasteiger partial charge in [0.2, 0.25) is 0 Å². The van der Waals surface area contributed by atoms with Crippen LogP contribution in [0.2, 0.25) is 0 Å². The van der Waals surface area contributed by atoms with Crippen LogP contribution in [0.3, 0.4) is 0 Å². The topological polar surface area (TPSA) is 127 Å². The van der Waals surface area contributed by atoms with Crippen LogP contribution in [0.25, 0.3) is 0 Å². The number of carbonyl (C=O) groups is 2. The van der Waals surface area contributed by atoms with Gasteiger partial charge in [0.15, 0.2) is 0 Å². The number of anilines is 2. The Balaban J connectivity index is 0.000000454. The third kappa shape index (κ3) is 7.45. The Kier molecular flexibility index (Phi) is 8.93. The summed E-state index contributed by atoms with van der Waals surface area (Å²) in [7, 11) is 0. The maximum absolute atomic E-state index is 14.2. The molecule has 0 unspecified atom stereocenters. The number of benzene rings is 1. The summed E-state index contributed by atoms with van der Waals surface area (Å²) in [5, 5.41) is 16.9. The van der Waals surface area contributed by atoms with E-state index in [1.54, 1.807) is 41.7 Å². The standard InChI is InChI=1S/C19H19BrFN7O.C2HF3O2/c20-15-3-1-2-14(18(15)21)19(29)28-8-6-27(7-9-28)12-13-10-22-11-17(24-13)25-16-4-5-23-26-16;3-2(4,5)1(6)7/h1-5,10-11H,6-9,12H2,(H2,23,24,25,26);(H,6,7). The van der Waals surface area contributed by atoms with Gasteiger partial charge in [0.05, 0.1) is 28.1 Å². The number of hydrogen-bond donors (Lipinski definition) is 3. The normalized spacial score (nSPS) is 14.1. The smallest absolute Gasteiger partial charge is 0.475 e. The fraction of sp³-hybridized carbons (Fsp3) is 0.286. The molecule has 1 saturated heterocycles. The Morgan fingerprint density at radius 3 is 2.44 bits per heavy atom. The average molecular weight is 574 g/mol. The summed E-state index contributed by atoms with van der Waals surface area (Å²) in [6.07, 6.45) is -0.0551. The van der Waals surface area contributed by atoms with Crippen molar-refractivity contribution in [2.75, 3.05) is 31.5 Å². The molecule has 0 aliphatic carbocycles. The quantitative estimate of drug-likeness (QED) is 0.396. The van der Waals surface area contributed by atoms with E-state index < -0.39 is 18.0 Å². The lowest BCUT2D eigenvalue weighted by Crippen LogP contribution is -2.48. The number of amides is 1. The van der Waals surface area contributed by atoms with Crippen molar-refractivity contribution >= 4 is 39.4 Å². The first-order valence-corrected chi connectivity index (χ1v) is 11.2. The highest BCUT2D eigenvalue weighted by Crippen LogP contribution is 2.21. The van der Waals surface area contributed by atoms with Crippen LogP contribution in [-0.4, -0.2) is 79.3 Å². The van der Waals surface area contributed by atoms with Crippen molar-refractivity contribution in [2.45, 2.75) is 12.7 Å². The van der Waals surface area contributed by atoms with E-state index in [1.165, 1.54) is 6.07 Å². The van der Waals surface area contributed by atoms with E-state index in [1.807, 2.05) is 0 Å². The number of hydrogen-bond acceptors (Lipinski definition) is 7. The molecule has 0 saturated carbocycles. The van der Waals surface area contributed by atoms with E-state index in [0.717, 1.165) is 11.5 Å². The summed E-state index contributed by atoms with van der Waals surface area (Å²) in [6.45, 7) is 3.05. The molecule has 0 spiro atoms. The number of carboxylic acid groups (broad SMARTS) is 1. The first kappa shape index (κ1) is 27.0. The third-order valence-corrected chi connectivity index (χ3v) is 5.53.